The van der Waals surface area contributed by atoms with E-state index in [0.29, 0.717) is 17.1 Å². The first kappa shape index (κ1) is 24.1. The normalized spacial score (nSPS) is 18.4. The van der Waals surface area contributed by atoms with E-state index in [-0.39, 0.29) is 18.7 Å². The second-order valence-electron chi connectivity index (χ2n) is 9.40. The number of ether oxygens (including phenoxy) is 3. The molecule has 0 radical (unpaired) electrons. The molecule has 1 amide bonds. The van der Waals surface area contributed by atoms with Gasteiger partial charge in [-0.1, -0.05) is 18.9 Å². The van der Waals surface area contributed by atoms with E-state index in [1.54, 1.807) is 11.3 Å². The van der Waals surface area contributed by atoms with Gasteiger partial charge in [0.25, 0.3) is 0 Å². The molecule has 188 valence electrons. The average Bonchev–Trinajstić information content (AvgIpc) is 3.43. The number of amides is 1. The standard InChI is InChI=1S/C26H33N3O5S/c1-32-26(31)24-19-6-4-2-3-5-7-22(19)35-25(24)27-23(30)16-29-12-10-28(11-13-29)15-18-8-9-20-21(14-18)34-17-33-20/h8-9,14H,2-7,10-13,15-17H2,1H3,(H,27,30). The molecule has 35 heavy (non-hydrogen) atoms. The maximum Gasteiger partial charge on any atom is 0.341 e. The van der Waals surface area contributed by atoms with Gasteiger partial charge in [-0.05, 0) is 48.9 Å². The van der Waals surface area contributed by atoms with Gasteiger partial charge < -0.3 is 19.5 Å². The SMILES string of the molecule is COC(=O)c1c(NC(=O)CN2CCN(Cc3ccc4c(c3)OCO4)CC2)sc2c1CCCCCC2. The van der Waals surface area contributed by atoms with Crippen molar-refractivity contribution < 1.29 is 23.8 Å². The maximum absolute atomic E-state index is 12.9. The highest BCUT2D eigenvalue weighted by molar-refractivity contribution is 7.17. The fourth-order valence-electron chi connectivity index (χ4n) is 5.10. The Morgan fingerprint density at radius 1 is 1.00 bits per heavy atom. The minimum atomic E-state index is -0.351. The number of benzene rings is 1. The number of carbonyl (C=O) groups excluding carboxylic acids is 2. The molecular weight excluding hydrogens is 466 g/mol. The minimum Gasteiger partial charge on any atom is -0.465 e. The van der Waals surface area contributed by atoms with Crippen LogP contribution in [0.1, 0.15) is 52.0 Å². The first-order valence-corrected chi connectivity index (χ1v) is 13.3. The van der Waals surface area contributed by atoms with E-state index in [4.69, 9.17) is 14.2 Å². The number of esters is 1. The summed E-state index contributed by atoms with van der Waals surface area (Å²) in [5.41, 5.74) is 2.84. The predicted octanol–water partition coefficient (Wildman–Crippen LogP) is 3.68. The number of hydrogen-bond donors (Lipinski definition) is 1. The van der Waals surface area contributed by atoms with Gasteiger partial charge in [0.1, 0.15) is 5.00 Å². The van der Waals surface area contributed by atoms with Crippen molar-refractivity contribution in [1.29, 1.82) is 0 Å². The molecule has 1 aromatic carbocycles. The number of thiophene rings is 1. The number of nitrogens with one attached hydrogen (secondary N) is 1. The van der Waals surface area contributed by atoms with Crippen LogP contribution in [-0.2, 0) is 28.9 Å². The van der Waals surface area contributed by atoms with Gasteiger partial charge in [0.05, 0.1) is 19.2 Å². The van der Waals surface area contributed by atoms with E-state index >= 15 is 0 Å². The van der Waals surface area contributed by atoms with Gasteiger partial charge in [-0.3, -0.25) is 14.6 Å². The summed E-state index contributed by atoms with van der Waals surface area (Å²) in [5.74, 6) is 1.19. The van der Waals surface area contributed by atoms with Crippen LogP contribution in [0.5, 0.6) is 11.5 Å². The van der Waals surface area contributed by atoms with Crippen molar-refractivity contribution in [2.45, 2.75) is 45.1 Å². The topological polar surface area (TPSA) is 80.3 Å². The highest BCUT2D eigenvalue weighted by atomic mass is 32.1. The first-order valence-electron chi connectivity index (χ1n) is 12.5. The summed E-state index contributed by atoms with van der Waals surface area (Å²) in [4.78, 5) is 31.3. The predicted molar refractivity (Wildman–Crippen MR) is 134 cm³/mol. The average molecular weight is 500 g/mol. The van der Waals surface area contributed by atoms with Gasteiger partial charge in [0.15, 0.2) is 11.5 Å². The molecule has 0 bridgehead atoms. The Balaban J connectivity index is 1.16. The molecule has 1 aromatic heterocycles. The van der Waals surface area contributed by atoms with Crippen LogP contribution >= 0.6 is 11.3 Å². The van der Waals surface area contributed by atoms with Crippen molar-refractivity contribution in [1.82, 2.24) is 9.80 Å². The number of piperazine rings is 1. The van der Waals surface area contributed by atoms with E-state index in [0.717, 1.165) is 75.5 Å². The number of anilines is 1. The van der Waals surface area contributed by atoms with Crippen LogP contribution in [-0.4, -0.2) is 68.3 Å². The number of aryl methyl sites for hydroxylation is 1. The van der Waals surface area contributed by atoms with E-state index in [9.17, 15) is 9.59 Å². The van der Waals surface area contributed by atoms with Gasteiger partial charge in [0.2, 0.25) is 12.7 Å². The summed E-state index contributed by atoms with van der Waals surface area (Å²) in [7, 11) is 1.41. The van der Waals surface area contributed by atoms with Crippen LogP contribution in [0.15, 0.2) is 18.2 Å². The lowest BCUT2D eigenvalue weighted by atomic mass is 9.96. The van der Waals surface area contributed by atoms with Gasteiger partial charge in [0, 0.05) is 37.6 Å². The zero-order valence-electron chi connectivity index (χ0n) is 20.3. The molecule has 0 atom stereocenters. The molecule has 1 saturated heterocycles. The molecule has 5 rings (SSSR count). The zero-order valence-corrected chi connectivity index (χ0v) is 21.1. The Bertz CT molecular complexity index is 1080. The van der Waals surface area contributed by atoms with Crippen molar-refractivity contribution in [3.8, 4) is 11.5 Å². The summed E-state index contributed by atoms with van der Waals surface area (Å²) < 4.78 is 16.0. The van der Waals surface area contributed by atoms with Crippen LogP contribution in [0.2, 0.25) is 0 Å². The molecule has 1 N–H and O–H groups in total. The summed E-state index contributed by atoms with van der Waals surface area (Å²) in [6, 6.07) is 6.09. The highest BCUT2D eigenvalue weighted by Crippen LogP contribution is 2.37. The molecule has 1 fully saturated rings. The zero-order chi connectivity index (χ0) is 24.2. The lowest BCUT2D eigenvalue weighted by Gasteiger charge is -2.34. The summed E-state index contributed by atoms with van der Waals surface area (Å²) >= 11 is 1.55. The number of rotatable bonds is 6. The molecule has 8 nitrogen and oxygen atoms in total. The Morgan fingerprint density at radius 2 is 1.74 bits per heavy atom. The molecule has 0 unspecified atom stereocenters. The summed E-state index contributed by atoms with van der Waals surface area (Å²) in [6.07, 6.45) is 6.42. The second-order valence-corrected chi connectivity index (χ2v) is 10.5. The number of carbonyl (C=O) groups is 2. The lowest BCUT2D eigenvalue weighted by Crippen LogP contribution is -2.48. The fourth-order valence-corrected chi connectivity index (χ4v) is 6.39. The largest absolute Gasteiger partial charge is 0.465 e. The van der Waals surface area contributed by atoms with Gasteiger partial charge in [-0.25, -0.2) is 4.79 Å². The highest BCUT2D eigenvalue weighted by Gasteiger charge is 2.27. The molecule has 0 saturated carbocycles. The summed E-state index contributed by atoms with van der Waals surface area (Å²) in [5, 5.41) is 3.69. The lowest BCUT2D eigenvalue weighted by molar-refractivity contribution is -0.117. The van der Waals surface area contributed by atoms with Crippen LogP contribution in [0.4, 0.5) is 5.00 Å². The van der Waals surface area contributed by atoms with Gasteiger partial charge in [-0.15, -0.1) is 11.3 Å². The van der Waals surface area contributed by atoms with Crippen LogP contribution in [0.25, 0.3) is 0 Å². The van der Waals surface area contributed by atoms with Gasteiger partial charge in [-0.2, -0.15) is 0 Å². The number of hydrogen-bond acceptors (Lipinski definition) is 8. The van der Waals surface area contributed by atoms with Crippen molar-refractivity contribution >= 4 is 28.2 Å². The molecule has 3 heterocycles. The molecule has 1 aliphatic carbocycles. The number of methoxy groups -OCH3 is 1. The molecular formula is C26H33N3O5S. The molecule has 9 heteroatoms. The Hall–Kier alpha value is -2.62. The van der Waals surface area contributed by atoms with E-state index in [1.807, 2.05) is 12.1 Å². The third-order valence-corrected chi connectivity index (χ3v) is 8.20. The Labute approximate surface area is 210 Å². The smallest absolute Gasteiger partial charge is 0.341 e. The van der Waals surface area contributed by atoms with Crippen molar-refractivity contribution in [3.63, 3.8) is 0 Å². The van der Waals surface area contributed by atoms with Crippen LogP contribution in [0, 0.1) is 0 Å². The molecule has 3 aliphatic rings. The first-order chi connectivity index (χ1) is 17.1. The Morgan fingerprint density at radius 3 is 2.54 bits per heavy atom. The van der Waals surface area contributed by atoms with E-state index in [2.05, 4.69) is 21.2 Å². The summed E-state index contributed by atoms with van der Waals surface area (Å²) in [6.45, 7) is 4.88. The van der Waals surface area contributed by atoms with Crippen LogP contribution < -0.4 is 14.8 Å². The quantitative estimate of drug-likeness (QED) is 0.608. The second kappa shape index (κ2) is 11.0. The Kier molecular flexibility index (Phi) is 7.55. The minimum absolute atomic E-state index is 0.0754. The number of nitrogens with zero attached hydrogens (tertiary/aromatic N) is 2. The molecule has 2 aliphatic heterocycles. The van der Waals surface area contributed by atoms with E-state index < -0.39 is 0 Å². The van der Waals surface area contributed by atoms with Crippen LogP contribution in [0.3, 0.4) is 0 Å². The molecule has 2 aromatic rings. The van der Waals surface area contributed by atoms with Crippen molar-refractivity contribution in [2.75, 3.05) is 51.9 Å². The number of fused-ring (bicyclic) bond motifs is 2. The van der Waals surface area contributed by atoms with Crippen molar-refractivity contribution in [2.24, 2.45) is 0 Å². The molecule has 0 spiro atoms. The van der Waals surface area contributed by atoms with Gasteiger partial charge >= 0.3 is 5.97 Å². The maximum atomic E-state index is 12.9. The fraction of sp³-hybridized carbons (Fsp3) is 0.538. The third kappa shape index (κ3) is 5.63. The third-order valence-electron chi connectivity index (χ3n) is 6.99. The van der Waals surface area contributed by atoms with Crippen molar-refractivity contribution in [3.05, 3.63) is 39.8 Å². The van der Waals surface area contributed by atoms with E-state index in [1.165, 1.54) is 30.4 Å². The monoisotopic (exact) mass is 499 g/mol.